The summed E-state index contributed by atoms with van der Waals surface area (Å²) in [6, 6.07) is 13.4. The molecule has 1 aromatic heterocycles. The highest BCUT2D eigenvalue weighted by atomic mass is 32.2. The van der Waals surface area contributed by atoms with Gasteiger partial charge in [-0.1, -0.05) is 48.5 Å². The van der Waals surface area contributed by atoms with Gasteiger partial charge in [0.25, 0.3) is 0 Å². The molecule has 0 unspecified atom stereocenters. The fraction of sp³-hybridized carbons (Fsp3) is 0.176. The number of rotatable bonds is 5. The van der Waals surface area contributed by atoms with E-state index in [-0.39, 0.29) is 10.9 Å². The van der Waals surface area contributed by atoms with Crippen LogP contribution >= 0.6 is 0 Å². The summed E-state index contributed by atoms with van der Waals surface area (Å²) in [4.78, 5) is 0. The monoisotopic (exact) mass is 327 g/mol. The van der Waals surface area contributed by atoms with Crippen molar-refractivity contribution in [1.29, 1.82) is 0 Å². The van der Waals surface area contributed by atoms with Gasteiger partial charge in [-0.05, 0) is 23.3 Å². The molecule has 3 rings (SSSR count). The van der Waals surface area contributed by atoms with Gasteiger partial charge < -0.3 is 0 Å². The lowest BCUT2D eigenvalue weighted by Gasteiger charge is -2.09. The van der Waals surface area contributed by atoms with Crippen LogP contribution in [0.2, 0.25) is 0 Å². The summed E-state index contributed by atoms with van der Waals surface area (Å²) >= 11 is 0. The second-order valence-corrected chi connectivity index (χ2v) is 7.21. The normalized spacial score (nSPS) is 11.7. The third kappa shape index (κ3) is 2.90. The largest absolute Gasteiger partial charge is 0.298 e. The van der Waals surface area contributed by atoms with Crippen molar-refractivity contribution in [2.24, 2.45) is 0 Å². The van der Waals surface area contributed by atoms with E-state index in [1.54, 1.807) is 17.6 Å². The van der Waals surface area contributed by atoms with Gasteiger partial charge in [0.05, 0.1) is 5.75 Å². The topological polar surface area (TPSA) is 64.8 Å². The molecule has 0 aliphatic heterocycles. The smallest absolute Gasteiger partial charge is 0.250 e. The second kappa shape index (κ2) is 5.96. The summed E-state index contributed by atoms with van der Waals surface area (Å²) in [6.45, 7) is 5.75. The van der Waals surface area contributed by atoms with E-state index < -0.39 is 9.84 Å². The molecule has 0 saturated heterocycles. The van der Waals surface area contributed by atoms with Gasteiger partial charge in [0, 0.05) is 6.54 Å². The van der Waals surface area contributed by atoms with Crippen LogP contribution in [-0.4, -0.2) is 23.2 Å². The predicted molar refractivity (Wildman–Crippen MR) is 89.8 cm³/mol. The molecule has 0 atom stereocenters. The van der Waals surface area contributed by atoms with E-state index in [0.717, 1.165) is 16.3 Å². The van der Waals surface area contributed by atoms with Gasteiger partial charge in [-0.2, -0.15) is 0 Å². The van der Waals surface area contributed by atoms with E-state index in [2.05, 4.69) is 16.8 Å². The first-order valence-electron chi connectivity index (χ1n) is 7.23. The van der Waals surface area contributed by atoms with Crippen molar-refractivity contribution in [3.05, 3.63) is 66.5 Å². The van der Waals surface area contributed by atoms with Crippen LogP contribution in [-0.2, 0) is 22.1 Å². The van der Waals surface area contributed by atoms with Crippen LogP contribution in [0.25, 0.3) is 10.8 Å². The molecule has 0 N–H and O–H groups in total. The zero-order valence-electron chi connectivity index (χ0n) is 12.8. The van der Waals surface area contributed by atoms with E-state index >= 15 is 0 Å². The molecule has 2 aromatic carbocycles. The Kier molecular flexibility index (Phi) is 4.00. The van der Waals surface area contributed by atoms with Gasteiger partial charge in [0.1, 0.15) is 5.82 Å². The maximum Gasteiger partial charge on any atom is 0.250 e. The molecule has 0 radical (unpaired) electrons. The number of benzene rings is 2. The van der Waals surface area contributed by atoms with Gasteiger partial charge in [0.2, 0.25) is 15.0 Å². The Labute approximate surface area is 135 Å². The minimum atomic E-state index is -3.60. The standard InChI is InChI=1S/C17H17N3O2S/c1-3-11-20-13(2)18-19-17(20)23(21,22)12-15-9-6-8-14-7-4-5-10-16(14)15/h3-10H,1,11-12H2,2H3. The zero-order chi connectivity index (χ0) is 16.4. The van der Waals surface area contributed by atoms with Crippen molar-refractivity contribution < 1.29 is 8.42 Å². The molecule has 1 heterocycles. The molecule has 0 bridgehead atoms. The third-order valence-corrected chi connectivity index (χ3v) is 5.27. The van der Waals surface area contributed by atoms with E-state index in [4.69, 9.17) is 0 Å². The van der Waals surface area contributed by atoms with Crippen LogP contribution in [0.5, 0.6) is 0 Å². The highest BCUT2D eigenvalue weighted by molar-refractivity contribution is 7.90. The molecular formula is C17H17N3O2S. The Morgan fingerprint density at radius 2 is 1.87 bits per heavy atom. The van der Waals surface area contributed by atoms with Crippen molar-refractivity contribution in [2.45, 2.75) is 24.4 Å². The SMILES string of the molecule is C=CCn1c(C)nnc1S(=O)(=O)Cc1cccc2ccccc12. The molecule has 0 aliphatic carbocycles. The maximum atomic E-state index is 12.8. The molecule has 3 aromatic rings. The summed E-state index contributed by atoms with van der Waals surface area (Å²) in [5.41, 5.74) is 0.758. The number of fused-ring (bicyclic) bond motifs is 1. The van der Waals surface area contributed by atoms with E-state index in [1.165, 1.54) is 0 Å². The Morgan fingerprint density at radius 1 is 1.13 bits per heavy atom. The highest BCUT2D eigenvalue weighted by Crippen LogP contribution is 2.23. The molecular weight excluding hydrogens is 310 g/mol. The first-order chi connectivity index (χ1) is 11.0. The van der Waals surface area contributed by atoms with E-state index in [1.807, 2.05) is 42.5 Å². The lowest BCUT2D eigenvalue weighted by molar-refractivity contribution is 0.571. The average molecular weight is 327 g/mol. The highest BCUT2D eigenvalue weighted by Gasteiger charge is 2.24. The van der Waals surface area contributed by atoms with Gasteiger partial charge in [-0.25, -0.2) is 8.42 Å². The van der Waals surface area contributed by atoms with Crippen LogP contribution in [0.4, 0.5) is 0 Å². The number of aryl methyl sites for hydroxylation is 1. The number of nitrogens with zero attached hydrogens (tertiary/aromatic N) is 3. The molecule has 0 fully saturated rings. The van der Waals surface area contributed by atoms with Gasteiger partial charge in [0.15, 0.2) is 0 Å². The number of hydrogen-bond donors (Lipinski definition) is 0. The molecule has 0 amide bonds. The number of allylic oxidation sites excluding steroid dienone is 1. The predicted octanol–water partition coefficient (Wildman–Crippen LogP) is 2.90. The molecule has 0 spiro atoms. The van der Waals surface area contributed by atoms with Crippen molar-refractivity contribution in [2.75, 3.05) is 0 Å². The molecule has 5 nitrogen and oxygen atoms in total. The van der Waals surface area contributed by atoms with Crippen molar-refractivity contribution in [1.82, 2.24) is 14.8 Å². The maximum absolute atomic E-state index is 12.8. The number of hydrogen-bond acceptors (Lipinski definition) is 4. The quantitative estimate of drug-likeness (QED) is 0.676. The fourth-order valence-electron chi connectivity index (χ4n) is 2.62. The van der Waals surface area contributed by atoms with Crippen LogP contribution in [0.15, 0.2) is 60.3 Å². The molecule has 118 valence electrons. The Bertz CT molecular complexity index is 969. The Balaban J connectivity index is 2.06. The van der Waals surface area contributed by atoms with Gasteiger partial charge in [-0.15, -0.1) is 16.8 Å². The Morgan fingerprint density at radius 3 is 2.65 bits per heavy atom. The first kappa shape index (κ1) is 15.4. The lowest BCUT2D eigenvalue weighted by Crippen LogP contribution is -2.13. The minimum Gasteiger partial charge on any atom is -0.298 e. The molecule has 0 saturated carbocycles. The summed E-state index contributed by atoms with van der Waals surface area (Å²) in [5.74, 6) is 0.449. The molecule has 6 heteroatoms. The zero-order valence-corrected chi connectivity index (χ0v) is 13.6. The van der Waals surface area contributed by atoms with Crippen molar-refractivity contribution in [3.8, 4) is 0 Å². The van der Waals surface area contributed by atoms with E-state index in [9.17, 15) is 8.42 Å². The van der Waals surface area contributed by atoms with E-state index in [0.29, 0.717) is 12.4 Å². The lowest BCUT2D eigenvalue weighted by atomic mass is 10.1. The summed E-state index contributed by atoms with van der Waals surface area (Å²) in [6.07, 6.45) is 1.63. The third-order valence-electron chi connectivity index (χ3n) is 3.72. The number of aromatic nitrogens is 3. The van der Waals surface area contributed by atoms with Gasteiger partial charge >= 0.3 is 0 Å². The molecule has 0 aliphatic rings. The van der Waals surface area contributed by atoms with Crippen LogP contribution in [0.3, 0.4) is 0 Å². The van der Waals surface area contributed by atoms with Gasteiger partial charge in [-0.3, -0.25) is 4.57 Å². The number of sulfone groups is 1. The van der Waals surface area contributed by atoms with Crippen LogP contribution in [0, 0.1) is 6.92 Å². The minimum absolute atomic E-state index is 0.0113. The van der Waals surface area contributed by atoms with Crippen LogP contribution in [0.1, 0.15) is 11.4 Å². The summed E-state index contributed by atoms with van der Waals surface area (Å²) in [5, 5.41) is 9.69. The van der Waals surface area contributed by atoms with Crippen molar-refractivity contribution in [3.63, 3.8) is 0 Å². The first-order valence-corrected chi connectivity index (χ1v) is 8.88. The second-order valence-electron chi connectivity index (χ2n) is 5.33. The molecule has 23 heavy (non-hydrogen) atoms. The fourth-order valence-corrected chi connectivity index (χ4v) is 4.12. The van der Waals surface area contributed by atoms with Crippen LogP contribution < -0.4 is 0 Å². The summed E-state index contributed by atoms with van der Waals surface area (Å²) < 4.78 is 27.2. The Hall–Kier alpha value is -2.47. The van der Waals surface area contributed by atoms with Crippen molar-refractivity contribution >= 4 is 20.6 Å². The summed E-state index contributed by atoms with van der Waals surface area (Å²) in [7, 11) is -3.60. The average Bonchev–Trinajstić information content (AvgIpc) is 2.90.